The van der Waals surface area contributed by atoms with Gasteiger partial charge in [-0.1, -0.05) is 13.8 Å². The molecule has 0 aliphatic carbocycles. The number of nitrogens with zero attached hydrogens (tertiary/aromatic N) is 2. The van der Waals surface area contributed by atoms with Gasteiger partial charge in [-0.3, -0.25) is 9.88 Å². The van der Waals surface area contributed by atoms with Crippen molar-refractivity contribution in [2.24, 2.45) is 0 Å². The Morgan fingerprint density at radius 3 is 2.75 bits per heavy atom. The summed E-state index contributed by atoms with van der Waals surface area (Å²) in [5.74, 6) is -0.284. The van der Waals surface area contributed by atoms with Crippen molar-refractivity contribution in [3.05, 3.63) is 29.8 Å². The zero-order valence-electron chi connectivity index (χ0n) is 10.2. The van der Waals surface area contributed by atoms with Gasteiger partial charge in [0.1, 0.15) is 5.82 Å². The van der Waals surface area contributed by atoms with Crippen molar-refractivity contribution < 1.29 is 4.39 Å². The molecule has 0 saturated heterocycles. The molecule has 1 aromatic rings. The molecule has 0 fully saturated rings. The van der Waals surface area contributed by atoms with Crippen molar-refractivity contribution >= 4 is 0 Å². The molecule has 0 aliphatic rings. The van der Waals surface area contributed by atoms with Crippen LogP contribution >= 0.6 is 0 Å². The van der Waals surface area contributed by atoms with E-state index >= 15 is 0 Å². The average Bonchev–Trinajstić information content (AvgIpc) is 2.21. The fourth-order valence-corrected chi connectivity index (χ4v) is 1.40. The first kappa shape index (κ1) is 13.1. The monoisotopic (exact) mass is 225 g/mol. The molecular formula is C12H20FN3. The van der Waals surface area contributed by atoms with E-state index in [2.05, 4.69) is 29.0 Å². The zero-order chi connectivity index (χ0) is 12.0. The van der Waals surface area contributed by atoms with E-state index < -0.39 is 0 Å². The van der Waals surface area contributed by atoms with Crippen molar-refractivity contribution in [1.29, 1.82) is 0 Å². The van der Waals surface area contributed by atoms with Crippen LogP contribution in [0.3, 0.4) is 0 Å². The van der Waals surface area contributed by atoms with Gasteiger partial charge in [-0.2, -0.15) is 0 Å². The first-order valence-electron chi connectivity index (χ1n) is 5.60. The largest absolute Gasteiger partial charge is 0.313 e. The Labute approximate surface area is 96.7 Å². The van der Waals surface area contributed by atoms with E-state index in [1.165, 1.54) is 12.3 Å². The minimum Gasteiger partial charge on any atom is -0.313 e. The highest BCUT2D eigenvalue weighted by atomic mass is 19.1. The van der Waals surface area contributed by atoms with E-state index in [0.29, 0.717) is 6.04 Å². The quantitative estimate of drug-likeness (QED) is 0.798. The van der Waals surface area contributed by atoms with Crippen LogP contribution in [0.15, 0.2) is 18.3 Å². The molecule has 90 valence electrons. The summed E-state index contributed by atoms with van der Waals surface area (Å²) in [5.41, 5.74) is 0.897. The smallest absolute Gasteiger partial charge is 0.141 e. The number of aromatic nitrogens is 1. The highest BCUT2D eigenvalue weighted by molar-refractivity contribution is 5.04. The van der Waals surface area contributed by atoms with E-state index in [9.17, 15) is 4.39 Å². The summed E-state index contributed by atoms with van der Waals surface area (Å²) in [4.78, 5) is 6.19. The summed E-state index contributed by atoms with van der Waals surface area (Å²) in [7, 11) is 2.03. The lowest BCUT2D eigenvalue weighted by Crippen LogP contribution is -2.32. The maximum atomic E-state index is 12.6. The standard InChI is InChI=1S/C12H20FN3/c1-10(2)14-6-7-16(3)9-12-5-4-11(13)8-15-12/h4-5,8,10,14H,6-7,9H2,1-3H3. The van der Waals surface area contributed by atoms with E-state index in [0.717, 1.165) is 25.3 Å². The fourth-order valence-electron chi connectivity index (χ4n) is 1.40. The van der Waals surface area contributed by atoms with Crippen LogP contribution in [-0.2, 0) is 6.54 Å². The van der Waals surface area contributed by atoms with E-state index in [-0.39, 0.29) is 5.82 Å². The normalized spacial score (nSPS) is 11.4. The van der Waals surface area contributed by atoms with Crippen molar-refractivity contribution in [1.82, 2.24) is 15.2 Å². The van der Waals surface area contributed by atoms with Crippen LogP contribution in [0, 0.1) is 5.82 Å². The van der Waals surface area contributed by atoms with Crippen molar-refractivity contribution in [3.8, 4) is 0 Å². The Morgan fingerprint density at radius 2 is 2.19 bits per heavy atom. The van der Waals surface area contributed by atoms with Crippen LogP contribution < -0.4 is 5.32 Å². The second-order valence-corrected chi connectivity index (χ2v) is 4.31. The Morgan fingerprint density at radius 1 is 1.44 bits per heavy atom. The minimum atomic E-state index is -0.284. The van der Waals surface area contributed by atoms with E-state index in [1.54, 1.807) is 6.07 Å². The van der Waals surface area contributed by atoms with Gasteiger partial charge >= 0.3 is 0 Å². The third-order valence-corrected chi connectivity index (χ3v) is 2.27. The number of hydrogen-bond acceptors (Lipinski definition) is 3. The average molecular weight is 225 g/mol. The van der Waals surface area contributed by atoms with Crippen LogP contribution in [0.2, 0.25) is 0 Å². The summed E-state index contributed by atoms with van der Waals surface area (Å²) < 4.78 is 12.6. The maximum Gasteiger partial charge on any atom is 0.141 e. The van der Waals surface area contributed by atoms with Gasteiger partial charge in [-0.15, -0.1) is 0 Å². The third-order valence-electron chi connectivity index (χ3n) is 2.27. The predicted molar refractivity (Wildman–Crippen MR) is 63.7 cm³/mol. The predicted octanol–water partition coefficient (Wildman–Crippen LogP) is 1.65. The molecule has 0 aromatic carbocycles. The van der Waals surface area contributed by atoms with Gasteiger partial charge < -0.3 is 5.32 Å². The second kappa shape index (κ2) is 6.55. The maximum absolute atomic E-state index is 12.6. The minimum absolute atomic E-state index is 0.284. The van der Waals surface area contributed by atoms with Crippen LogP contribution in [-0.4, -0.2) is 36.1 Å². The van der Waals surface area contributed by atoms with E-state index in [1.807, 2.05) is 7.05 Å². The van der Waals surface area contributed by atoms with E-state index in [4.69, 9.17) is 0 Å². The van der Waals surface area contributed by atoms with Gasteiger partial charge in [0.05, 0.1) is 11.9 Å². The molecule has 1 aromatic heterocycles. The first-order chi connectivity index (χ1) is 7.58. The molecule has 1 heterocycles. The van der Waals surface area contributed by atoms with Gasteiger partial charge in [0.2, 0.25) is 0 Å². The summed E-state index contributed by atoms with van der Waals surface area (Å²) in [6.45, 7) is 6.91. The van der Waals surface area contributed by atoms with Crippen molar-refractivity contribution in [2.75, 3.05) is 20.1 Å². The zero-order valence-corrected chi connectivity index (χ0v) is 10.2. The van der Waals surface area contributed by atoms with Gasteiger partial charge in [-0.25, -0.2) is 4.39 Å². The lowest BCUT2D eigenvalue weighted by atomic mass is 10.3. The lowest BCUT2D eigenvalue weighted by Gasteiger charge is -2.17. The molecule has 16 heavy (non-hydrogen) atoms. The van der Waals surface area contributed by atoms with Crippen LogP contribution in [0.4, 0.5) is 4.39 Å². The molecule has 0 aliphatic heterocycles. The van der Waals surface area contributed by atoms with Gasteiger partial charge in [-0.05, 0) is 19.2 Å². The lowest BCUT2D eigenvalue weighted by molar-refractivity contribution is 0.316. The summed E-state index contributed by atoms with van der Waals surface area (Å²) in [6.07, 6.45) is 1.26. The molecule has 0 spiro atoms. The number of nitrogens with one attached hydrogen (secondary N) is 1. The van der Waals surface area contributed by atoms with Crippen LogP contribution in [0.25, 0.3) is 0 Å². The molecule has 0 unspecified atom stereocenters. The summed E-state index contributed by atoms with van der Waals surface area (Å²) in [5, 5.41) is 3.35. The van der Waals surface area contributed by atoms with Crippen molar-refractivity contribution in [2.45, 2.75) is 26.4 Å². The molecule has 0 saturated carbocycles. The summed E-state index contributed by atoms with van der Waals surface area (Å²) in [6, 6.07) is 3.68. The molecule has 0 atom stereocenters. The fraction of sp³-hybridized carbons (Fsp3) is 0.583. The highest BCUT2D eigenvalue weighted by Gasteiger charge is 2.02. The van der Waals surface area contributed by atoms with Crippen molar-refractivity contribution in [3.63, 3.8) is 0 Å². The van der Waals surface area contributed by atoms with Gasteiger partial charge in [0.25, 0.3) is 0 Å². The Balaban J connectivity index is 2.28. The molecule has 0 radical (unpaired) electrons. The van der Waals surface area contributed by atoms with Crippen LogP contribution in [0.1, 0.15) is 19.5 Å². The molecule has 4 heteroatoms. The molecule has 0 amide bonds. The topological polar surface area (TPSA) is 28.2 Å². The number of pyridine rings is 1. The van der Waals surface area contributed by atoms with Gasteiger partial charge in [0, 0.05) is 25.7 Å². The van der Waals surface area contributed by atoms with Crippen LogP contribution in [0.5, 0.6) is 0 Å². The third kappa shape index (κ3) is 5.19. The van der Waals surface area contributed by atoms with Gasteiger partial charge in [0.15, 0.2) is 0 Å². The highest BCUT2D eigenvalue weighted by Crippen LogP contribution is 2.00. The first-order valence-corrected chi connectivity index (χ1v) is 5.60. The number of rotatable bonds is 6. The molecular weight excluding hydrogens is 205 g/mol. The number of likely N-dealkylation sites (N-methyl/N-ethyl adjacent to an activating group) is 1. The Hall–Kier alpha value is -1.00. The molecule has 3 nitrogen and oxygen atoms in total. The Bertz CT molecular complexity index is 298. The molecule has 1 rings (SSSR count). The molecule has 1 N–H and O–H groups in total. The Kier molecular flexibility index (Phi) is 5.35. The SMILES string of the molecule is CC(C)NCCN(C)Cc1ccc(F)cn1. The number of halogens is 1. The number of hydrogen-bond donors (Lipinski definition) is 1. The summed E-state index contributed by atoms with van der Waals surface area (Å²) >= 11 is 0. The molecule has 0 bridgehead atoms. The second-order valence-electron chi connectivity index (χ2n) is 4.31.